The van der Waals surface area contributed by atoms with Gasteiger partial charge in [0.25, 0.3) is 0 Å². The van der Waals surface area contributed by atoms with Gasteiger partial charge in [0.15, 0.2) is 5.82 Å². The first-order valence-electron chi connectivity index (χ1n) is 6.07. The standard InChI is InChI=1S/C14H18ClN3/c1-10(14(2,3)4)18-12(16-17-13(18)15)11-8-6-5-7-9-11/h5-10H,1-4H3. The lowest BCUT2D eigenvalue weighted by molar-refractivity contribution is 0.264. The van der Waals surface area contributed by atoms with E-state index < -0.39 is 0 Å². The Labute approximate surface area is 113 Å². The Hall–Kier alpha value is -1.35. The van der Waals surface area contributed by atoms with Gasteiger partial charge in [-0.3, -0.25) is 4.57 Å². The minimum Gasteiger partial charge on any atom is -0.294 e. The zero-order valence-electron chi connectivity index (χ0n) is 11.2. The minimum absolute atomic E-state index is 0.0928. The molecule has 0 fully saturated rings. The summed E-state index contributed by atoms with van der Waals surface area (Å²) < 4.78 is 2.00. The lowest BCUT2D eigenvalue weighted by atomic mass is 9.88. The number of nitrogens with zero attached hydrogens (tertiary/aromatic N) is 3. The van der Waals surface area contributed by atoms with E-state index in [-0.39, 0.29) is 11.5 Å². The molecule has 2 rings (SSSR count). The third-order valence-corrected chi connectivity index (χ3v) is 3.58. The van der Waals surface area contributed by atoms with E-state index in [1.807, 2.05) is 34.9 Å². The zero-order chi connectivity index (χ0) is 13.3. The SMILES string of the molecule is CC(n1c(Cl)nnc1-c1ccccc1)C(C)(C)C. The fraction of sp³-hybridized carbons (Fsp3) is 0.429. The largest absolute Gasteiger partial charge is 0.294 e. The Morgan fingerprint density at radius 3 is 2.28 bits per heavy atom. The molecule has 0 bridgehead atoms. The maximum absolute atomic E-state index is 6.19. The van der Waals surface area contributed by atoms with Crippen LogP contribution in [0.15, 0.2) is 30.3 Å². The van der Waals surface area contributed by atoms with Crippen molar-refractivity contribution in [3.05, 3.63) is 35.6 Å². The van der Waals surface area contributed by atoms with Gasteiger partial charge in [-0.05, 0) is 23.9 Å². The molecule has 1 aromatic carbocycles. The van der Waals surface area contributed by atoms with E-state index in [1.54, 1.807) is 0 Å². The third kappa shape index (κ3) is 2.41. The highest BCUT2D eigenvalue weighted by Crippen LogP contribution is 2.35. The number of halogens is 1. The fourth-order valence-electron chi connectivity index (χ4n) is 1.79. The molecule has 4 heteroatoms. The summed E-state index contributed by atoms with van der Waals surface area (Å²) in [6, 6.07) is 10.2. The predicted octanol–water partition coefficient (Wildman–Crippen LogP) is 4.21. The summed E-state index contributed by atoms with van der Waals surface area (Å²) in [5.74, 6) is 0.822. The summed E-state index contributed by atoms with van der Waals surface area (Å²) >= 11 is 6.19. The molecular weight excluding hydrogens is 246 g/mol. The van der Waals surface area contributed by atoms with Crippen molar-refractivity contribution in [3.8, 4) is 11.4 Å². The Morgan fingerprint density at radius 2 is 1.72 bits per heavy atom. The summed E-state index contributed by atoms with van der Waals surface area (Å²) in [6.45, 7) is 8.69. The van der Waals surface area contributed by atoms with Crippen LogP contribution in [0.1, 0.15) is 33.7 Å². The zero-order valence-corrected chi connectivity index (χ0v) is 11.9. The average molecular weight is 264 g/mol. The number of rotatable bonds is 2. The van der Waals surface area contributed by atoms with Crippen molar-refractivity contribution in [3.63, 3.8) is 0 Å². The first-order valence-corrected chi connectivity index (χ1v) is 6.45. The molecule has 0 N–H and O–H groups in total. The van der Waals surface area contributed by atoms with E-state index >= 15 is 0 Å². The molecule has 0 amide bonds. The number of hydrogen-bond acceptors (Lipinski definition) is 2. The monoisotopic (exact) mass is 263 g/mol. The van der Waals surface area contributed by atoms with Gasteiger partial charge < -0.3 is 0 Å². The molecular formula is C14H18ClN3. The van der Waals surface area contributed by atoms with Crippen LogP contribution in [0, 0.1) is 5.41 Å². The first kappa shape index (κ1) is 13.1. The smallest absolute Gasteiger partial charge is 0.225 e. The van der Waals surface area contributed by atoms with Crippen LogP contribution in [-0.2, 0) is 0 Å². The van der Waals surface area contributed by atoms with Gasteiger partial charge in [-0.15, -0.1) is 10.2 Å². The van der Waals surface area contributed by atoms with Crippen molar-refractivity contribution in [2.75, 3.05) is 0 Å². The van der Waals surface area contributed by atoms with Crippen molar-refractivity contribution < 1.29 is 0 Å². The highest BCUT2D eigenvalue weighted by molar-refractivity contribution is 6.28. The molecule has 3 nitrogen and oxygen atoms in total. The van der Waals surface area contributed by atoms with Crippen molar-refractivity contribution in [1.29, 1.82) is 0 Å². The number of hydrogen-bond donors (Lipinski definition) is 0. The van der Waals surface area contributed by atoms with Gasteiger partial charge in [0, 0.05) is 11.6 Å². The van der Waals surface area contributed by atoms with Crippen LogP contribution < -0.4 is 0 Å². The normalized spacial score (nSPS) is 13.6. The maximum Gasteiger partial charge on any atom is 0.225 e. The predicted molar refractivity (Wildman–Crippen MR) is 74.6 cm³/mol. The van der Waals surface area contributed by atoms with E-state index in [1.165, 1.54) is 0 Å². The van der Waals surface area contributed by atoms with Gasteiger partial charge in [-0.1, -0.05) is 51.1 Å². The van der Waals surface area contributed by atoms with Gasteiger partial charge in [0.1, 0.15) is 0 Å². The summed E-state index contributed by atoms with van der Waals surface area (Å²) in [4.78, 5) is 0. The molecule has 0 spiro atoms. The molecule has 1 heterocycles. The molecule has 0 radical (unpaired) electrons. The Bertz CT molecular complexity index is 526. The highest BCUT2D eigenvalue weighted by atomic mass is 35.5. The van der Waals surface area contributed by atoms with Crippen LogP contribution in [-0.4, -0.2) is 14.8 Å². The van der Waals surface area contributed by atoms with E-state index in [4.69, 9.17) is 11.6 Å². The Balaban J connectivity index is 2.52. The second-order valence-electron chi connectivity index (χ2n) is 5.57. The second kappa shape index (κ2) is 4.73. The van der Waals surface area contributed by atoms with Gasteiger partial charge in [0.2, 0.25) is 5.28 Å². The molecule has 0 aliphatic heterocycles. The van der Waals surface area contributed by atoms with E-state index in [0.717, 1.165) is 11.4 Å². The van der Waals surface area contributed by atoms with Crippen LogP contribution in [0.4, 0.5) is 0 Å². The minimum atomic E-state index is 0.0928. The molecule has 0 saturated carbocycles. The van der Waals surface area contributed by atoms with Gasteiger partial charge in [-0.2, -0.15) is 0 Å². The quantitative estimate of drug-likeness (QED) is 0.813. The summed E-state index contributed by atoms with van der Waals surface area (Å²) in [7, 11) is 0. The fourth-order valence-corrected chi connectivity index (χ4v) is 2.05. The Kier molecular flexibility index (Phi) is 3.44. The number of aromatic nitrogens is 3. The van der Waals surface area contributed by atoms with Crippen molar-refractivity contribution in [2.24, 2.45) is 5.41 Å². The first-order chi connectivity index (χ1) is 8.41. The molecule has 96 valence electrons. The van der Waals surface area contributed by atoms with Crippen LogP contribution in [0.3, 0.4) is 0 Å². The molecule has 1 atom stereocenters. The van der Waals surface area contributed by atoms with Crippen molar-refractivity contribution in [1.82, 2.24) is 14.8 Å². The Morgan fingerprint density at radius 1 is 1.11 bits per heavy atom. The average Bonchev–Trinajstić information content (AvgIpc) is 2.70. The van der Waals surface area contributed by atoms with Crippen LogP contribution in [0.25, 0.3) is 11.4 Å². The molecule has 0 aliphatic carbocycles. The molecule has 0 saturated heterocycles. The second-order valence-corrected chi connectivity index (χ2v) is 5.91. The number of benzene rings is 1. The third-order valence-electron chi connectivity index (χ3n) is 3.33. The van der Waals surface area contributed by atoms with Gasteiger partial charge >= 0.3 is 0 Å². The van der Waals surface area contributed by atoms with Gasteiger partial charge in [-0.25, -0.2) is 0 Å². The van der Waals surface area contributed by atoms with Crippen LogP contribution in [0.2, 0.25) is 5.28 Å². The lowest BCUT2D eigenvalue weighted by Gasteiger charge is -2.29. The molecule has 1 unspecified atom stereocenters. The highest BCUT2D eigenvalue weighted by Gasteiger charge is 2.26. The van der Waals surface area contributed by atoms with Crippen LogP contribution in [0.5, 0.6) is 0 Å². The lowest BCUT2D eigenvalue weighted by Crippen LogP contribution is -2.22. The van der Waals surface area contributed by atoms with Crippen molar-refractivity contribution in [2.45, 2.75) is 33.7 Å². The van der Waals surface area contributed by atoms with E-state index in [2.05, 4.69) is 37.9 Å². The van der Waals surface area contributed by atoms with Crippen LogP contribution >= 0.6 is 11.6 Å². The molecule has 0 aliphatic rings. The molecule has 1 aromatic heterocycles. The topological polar surface area (TPSA) is 30.7 Å². The summed E-state index contributed by atoms with van der Waals surface area (Å²) in [5.41, 5.74) is 1.13. The van der Waals surface area contributed by atoms with E-state index in [9.17, 15) is 0 Å². The molecule has 2 aromatic rings. The van der Waals surface area contributed by atoms with Crippen molar-refractivity contribution >= 4 is 11.6 Å². The van der Waals surface area contributed by atoms with Gasteiger partial charge in [0.05, 0.1) is 0 Å². The maximum atomic E-state index is 6.19. The molecule has 18 heavy (non-hydrogen) atoms. The summed E-state index contributed by atoms with van der Waals surface area (Å²) in [5, 5.41) is 8.65. The summed E-state index contributed by atoms with van der Waals surface area (Å²) in [6.07, 6.45) is 0. The van der Waals surface area contributed by atoms with E-state index in [0.29, 0.717) is 5.28 Å².